The fourth-order valence-electron chi connectivity index (χ4n) is 1.68. The van der Waals surface area contributed by atoms with E-state index in [1.54, 1.807) is 0 Å². The van der Waals surface area contributed by atoms with Crippen LogP contribution >= 0.6 is 0 Å². The predicted octanol–water partition coefficient (Wildman–Crippen LogP) is 1.37. The topological polar surface area (TPSA) is 115 Å². The normalized spacial score (nSPS) is 12.3. The number of hydrogen-bond acceptors (Lipinski definition) is 4. The Labute approximate surface area is 121 Å². The number of rotatable bonds is 4. The number of benzene rings is 1. The molecule has 11 heteroatoms. The van der Waals surface area contributed by atoms with E-state index in [9.17, 15) is 31.5 Å². The highest BCUT2D eigenvalue weighted by Crippen LogP contribution is 2.31. The van der Waals surface area contributed by atoms with E-state index in [1.165, 1.54) is 0 Å². The molecule has 0 saturated carbocycles. The Kier molecular flexibility index (Phi) is 3.92. The summed E-state index contributed by atoms with van der Waals surface area (Å²) in [4.78, 5) is 14.9. The van der Waals surface area contributed by atoms with Gasteiger partial charge in [-0.05, 0) is 18.2 Å². The van der Waals surface area contributed by atoms with Gasteiger partial charge in [0.2, 0.25) is 15.9 Å². The zero-order valence-electron chi connectivity index (χ0n) is 10.7. The molecule has 1 heterocycles. The Morgan fingerprint density at radius 1 is 1.23 bits per heavy atom. The second-order valence-electron chi connectivity index (χ2n) is 4.35. The molecule has 2 aromatic rings. The molecule has 0 aliphatic heterocycles. The number of nitrogens with one attached hydrogen (secondary N) is 3. The Balaban J connectivity index is 2.22. The molecule has 0 radical (unpaired) electrons. The molecule has 120 valence electrons. The van der Waals surface area contributed by atoms with Gasteiger partial charge >= 0.3 is 11.9 Å². The van der Waals surface area contributed by atoms with Gasteiger partial charge in [0.15, 0.2) is 0 Å². The molecule has 0 atom stereocenters. The molecular formula is C11H10F3N3O4S. The highest BCUT2D eigenvalue weighted by molar-refractivity contribution is 7.91. The van der Waals surface area contributed by atoms with Crippen LogP contribution < -0.4 is 10.4 Å². The van der Waals surface area contributed by atoms with E-state index < -0.39 is 39.1 Å². The minimum Gasteiger partial charge on any atom is -0.493 e. The van der Waals surface area contributed by atoms with Crippen LogP contribution in [0.1, 0.15) is 11.3 Å². The summed E-state index contributed by atoms with van der Waals surface area (Å²) < 4.78 is 63.3. The van der Waals surface area contributed by atoms with Crippen LogP contribution in [0.5, 0.6) is 5.88 Å². The van der Waals surface area contributed by atoms with Gasteiger partial charge in [-0.15, -0.1) is 0 Å². The fraction of sp³-hybridized carbons (Fsp3) is 0.182. The van der Waals surface area contributed by atoms with Crippen molar-refractivity contribution in [3.05, 3.63) is 46.0 Å². The molecule has 22 heavy (non-hydrogen) atoms. The molecule has 7 nitrogen and oxygen atoms in total. The lowest BCUT2D eigenvalue weighted by Crippen LogP contribution is -2.16. The number of imidazole rings is 1. The molecule has 0 fully saturated rings. The number of sulfonamides is 1. The standard InChI is InChI=1S/C11H10F3N3O4S/c12-11(13,14)6-2-1-3-7(4-6)17-22(20,21)5-8-9(18)16-10(19)15-8/h1-4,17-18H,5H2,(H2,15,16,19). The lowest BCUT2D eigenvalue weighted by Gasteiger charge is -2.10. The molecule has 0 amide bonds. The maximum Gasteiger partial charge on any atom is 0.416 e. The van der Waals surface area contributed by atoms with Crippen LogP contribution in [0, 0.1) is 0 Å². The summed E-state index contributed by atoms with van der Waals surface area (Å²) in [6.45, 7) is 0. The fourth-order valence-corrected chi connectivity index (χ4v) is 2.83. The number of aromatic nitrogens is 2. The molecule has 0 aliphatic carbocycles. The Bertz CT molecular complexity index is 839. The summed E-state index contributed by atoms with van der Waals surface area (Å²) in [7, 11) is -4.13. The lowest BCUT2D eigenvalue weighted by atomic mass is 10.2. The second kappa shape index (κ2) is 5.40. The monoisotopic (exact) mass is 337 g/mol. The SMILES string of the molecule is O=c1[nH]c(O)c(CS(=O)(=O)Nc2cccc(C(F)(F)F)c2)[nH]1. The van der Waals surface area contributed by atoms with E-state index in [0.717, 1.165) is 18.2 Å². The highest BCUT2D eigenvalue weighted by Gasteiger charge is 2.30. The van der Waals surface area contributed by atoms with Crippen LogP contribution in [0.25, 0.3) is 0 Å². The third-order valence-electron chi connectivity index (χ3n) is 2.58. The van der Waals surface area contributed by atoms with Crippen molar-refractivity contribution < 1.29 is 26.7 Å². The number of alkyl halides is 3. The first-order valence-corrected chi connectivity index (χ1v) is 7.40. The quantitative estimate of drug-likeness (QED) is 0.674. The van der Waals surface area contributed by atoms with Gasteiger partial charge in [0.05, 0.1) is 11.3 Å². The lowest BCUT2D eigenvalue weighted by molar-refractivity contribution is -0.137. The van der Waals surface area contributed by atoms with Crippen molar-refractivity contribution in [3.63, 3.8) is 0 Å². The number of aromatic hydroxyl groups is 1. The van der Waals surface area contributed by atoms with Crippen LogP contribution in [0.15, 0.2) is 29.1 Å². The van der Waals surface area contributed by atoms with Crippen LogP contribution in [0.2, 0.25) is 0 Å². The van der Waals surface area contributed by atoms with Crippen LogP contribution in [0.3, 0.4) is 0 Å². The average molecular weight is 337 g/mol. The number of H-pyrrole nitrogens is 2. The smallest absolute Gasteiger partial charge is 0.416 e. The predicted molar refractivity (Wildman–Crippen MR) is 70.8 cm³/mol. The van der Waals surface area contributed by atoms with Crippen LogP contribution in [-0.2, 0) is 22.0 Å². The van der Waals surface area contributed by atoms with Crippen molar-refractivity contribution in [1.82, 2.24) is 9.97 Å². The summed E-state index contributed by atoms with van der Waals surface area (Å²) in [6, 6.07) is 3.63. The van der Waals surface area contributed by atoms with Gasteiger partial charge in [0, 0.05) is 5.69 Å². The van der Waals surface area contributed by atoms with Crippen molar-refractivity contribution in [2.24, 2.45) is 0 Å². The molecule has 0 unspecified atom stereocenters. The summed E-state index contributed by atoms with van der Waals surface area (Å²) in [5.74, 6) is -1.47. The first kappa shape index (κ1) is 15.9. The maximum absolute atomic E-state index is 12.5. The van der Waals surface area contributed by atoms with E-state index in [4.69, 9.17) is 0 Å². The van der Waals surface area contributed by atoms with Crippen molar-refractivity contribution in [1.29, 1.82) is 0 Å². The number of aromatic amines is 2. The zero-order valence-corrected chi connectivity index (χ0v) is 11.5. The van der Waals surface area contributed by atoms with E-state index in [-0.39, 0.29) is 11.4 Å². The van der Waals surface area contributed by atoms with Gasteiger partial charge in [0.1, 0.15) is 5.75 Å². The first-order valence-electron chi connectivity index (χ1n) is 5.75. The van der Waals surface area contributed by atoms with Crippen molar-refractivity contribution in [2.45, 2.75) is 11.9 Å². The summed E-state index contributed by atoms with van der Waals surface area (Å²) in [6.07, 6.45) is -4.61. The Morgan fingerprint density at radius 3 is 2.45 bits per heavy atom. The van der Waals surface area contributed by atoms with Gasteiger partial charge in [-0.25, -0.2) is 13.2 Å². The molecule has 0 aliphatic rings. The molecule has 0 saturated heterocycles. The molecule has 1 aromatic carbocycles. The van der Waals surface area contributed by atoms with E-state index >= 15 is 0 Å². The Morgan fingerprint density at radius 2 is 1.91 bits per heavy atom. The number of hydrogen-bond donors (Lipinski definition) is 4. The molecule has 0 bridgehead atoms. The Hall–Kier alpha value is -2.43. The molecule has 2 rings (SSSR count). The number of halogens is 3. The van der Waals surface area contributed by atoms with E-state index in [1.807, 2.05) is 9.71 Å². The highest BCUT2D eigenvalue weighted by atomic mass is 32.2. The van der Waals surface area contributed by atoms with Crippen molar-refractivity contribution in [2.75, 3.05) is 4.72 Å². The maximum atomic E-state index is 12.5. The average Bonchev–Trinajstić information content (AvgIpc) is 2.65. The molecule has 0 spiro atoms. The van der Waals surface area contributed by atoms with Gasteiger partial charge in [-0.3, -0.25) is 9.71 Å². The zero-order chi connectivity index (χ0) is 16.5. The molecule has 4 N–H and O–H groups in total. The molecule has 1 aromatic heterocycles. The minimum atomic E-state index is -4.61. The summed E-state index contributed by atoms with van der Waals surface area (Å²) in [5, 5.41) is 9.28. The first-order chi connectivity index (χ1) is 10.1. The molecular weight excluding hydrogens is 327 g/mol. The van der Waals surface area contributed by atoms with Gasteiger partial charge in [-0.2, -0.15) is 13.2 Å². The van der Waals surface area contributed by atoms with Crippen LogP contribution in [0.4, 0.5) is 18.9 Å². The third-order valence-corrected chi connectivity index (χ3v) is 3.80. The second-order valence-corrected chi connectivity index (χ2v) is 6.07. The summed E-state index contributed by atoms with van der Waals surface area (Å²) >= 11 is 0. The van der Waals surface area contributed by atoms with Crippen molar-refractivity contribution >= 4 is 15.7 Å². The summed E-state index contributed by atoms with van der Waals surface area (Å²) in [5.41, 5.74) is -2.40. The van der Waals surface area contributed by atoms with Gasteiger partial charge in [-0.1, -0.05) is 6.07 Å². The van der Waals surface area contributed by atoms with Gasteiger partial charge < -0.3 is 10.1 Å². The largest absolute Gasteiger partial charge is 0.493 e. The van der Waals surface area contributed by atoms with Crippen LogP contribution in [-0.4, -0.2) is 23.5 Å². The van der Waals surface area contributed by atoms with Crippen molar-refractivity contribution in [3.8, 4) is 5.88 Å². The van der Waals surface area contributed by atoms with E-state index in [2.05, 4.69) is 4.98 Å². The minimum absolute atomic E-state index is 0.285. The van der Waals surface area contributed by atoms with Gasteiger partial charge in [0.25, 0.3) is 0 Å². The van der Waals surface area contributed by atoms with E-state index in [0.29, 0.717) is 6.07 Å². The third kappa shape index (κ3) is 3.81. The number of anilines is 1.